The third-order valence-electron chi connectivity index (χ3n) is 5.44. The Morgan fingerprint density at radius 1 is 0.909 bits per heavy atom. The first kappa shape index (κ1) is 29.5. The van der Waals surface area contributed by atoms with E-state index in [0.717, 1.165) is 49.4 Å². The number of hydrogen-bond acceptors (Lipinski definition) is 6. The largest absolute Gasteiger partial charge is 0.457 e. The van der Waals surface area contributed by atoms with Gasteiger partial charge in [0.15, 0.2) is 12.4 Å². The molecular weight excluding hydrogens is 488 g/mol. The summed E-state index contributed by atoms with van der Waals surface area (Å²) >= 11 is 3.31. The van der Waals surface area contributed by atoms with E-state index in [1.165, 1.54) is 6.08 Å². The molecular formula is C26H39BrO6. The molecule has 6 nitrogen and oxygen atoms in total. The molecule has 33 heavy (non-hydrogen) atoms. The van der Waals surface area contributed by atoms with Crippen LogP contribution in [0.15, 0.2) is 40.9 Å². The number of carbonyl (C=O) groups excluding carboxylic acids is 2. The fourth-order valence-electron chi connectivity index (χ4n) is 3.33. The molecule has 0 heterocycles. The Bertz CT molecular complexity index is 703. The standard InChI is InChI=1S/C26H39BrO6/c1-2-3-7-10-22(28)17-18-24(30)23(29)11-8-5-4-6-9-12-26(32)33-19-25(31)20-13-15-21(27)16-14-20/h13-18,22-24,28-30H,2-12,19H2,1H3/t22-,23-,24+/m1/s1. The topological polar surface area (TPSA) is 104 Å². The molecule has 0 fully saturated rings. The van der Waals surface area contributed by atoms with E-state index < -0.39 is 18.3 Å². The third-order valence-corrected chi connectivity index (χ3v) is 5.97. The summed E-state index contributed by atoms with van der Waals surface area (Å²) in [5.41, 5.74) is 0.511. The second-order valence-electron chi connectivity index (χ2n) is 8.40. The lowest BCUT2D eigenvalue weighted by atomic mass is 10.0. The first-order valence-corrected chi connectivity index (χ1v) is 12.8. The number of carbonyl (C=O) groups is 2. The lowest BCUT2D eigenvalue weighted by molar-refractivity contribution is -0.142. The average Bonchev–Trinajstić information content (AvgIpc) is 2.80. The van der Waals surface area contributed by atoms with Gasteiger partial charge in [0.2, 0.25) is 0 Å². The molecule has 0 spiro atoms. The highest BCUT2D eigenvalue weighted by molar-refractivity contribution is 9.10. The van der Waals surface area contributed by atoms with Crippen LogP contribution in [0.5, 0.6) is 0 Å². The maximum atomic E-state index is 12.0. The van der Waals surface area contributed by atoms with Gasteiger partial charge in [-0.3, -0.25) is 9.59 Å². The van der Waals surface area contributed by atoms with Crippen molar-refractivity contribution >= 4 is 27.7 Å². The summed E-state index contributed by atoms with van der Waals surface area (Å²) in [7, 11) is 0. The Morgan fingerprint density at radius 2 is 1.55 bits per heavy atom. The van der Waals surface area contributed by atoms with Gasteiger partial charge in [-0.05, 0) is 31.4 Å². The van der Waals surface area contributed by atoms with E-state index in [2.05, 4.69) is 22.9 Å². The van der Waals surface area contributed by atoms with Crippen molar-refractivity contribution in [3.05, 3.63) is 46.5 Å². The summed E-state index contributed by atoms with van der Waals surface area (Å²) in [5, 5.41) is 29.9. The number of esters is 1. The van der Waals surface area contributed by atoms with Gasteiger partial charge in [0, 0.05) is 16.5 Å². The predicted molar refractivity (Wildman–Crippen MR) is 133 cm³/mol. The van der Waals surface area contributed by atoms with Crippen molar-refractivity contribution in [2.45, 2.75) is 95.9 Å². The minimum absolute atomic E-state index is 0.225. The lowest BCUT2D eigenvalue weighted by Crippen LogP contribution is -2.24. The van der Waals surface area contributed by atoms with E-state index >= 15 is 0 Å². The molecule has 1 aromatic rings. The van der Waals surface area contributed by atoms with Crippen molar-refractivity contribution in [1.29, 1.82) is 0 Å². The van der Waals surface area contributed by atoms with Crippen LogP contribution in [0, 0.1) is 0 Å². The summed E-state index contributed by atoms with van der Waals surface area (Å²) < 4.78 is 5.94. The molecule has 0 amide bonds. The van der Waals surface area contributed by atoms with E-state index in [-0.39, 0.29) is 24.8 Å². The van der Waals surface area contributed by atoms with Crippen LogP contribution in [-0.2, 0) is 9.53 Å². The molecule has 0 bridgehead atoms. The zero-order valence-corrected chi connectivity index (χ0v) is 21.2. The van der Waals surface area contributed by atoms with Gasteiger partial charge in [-0.2, -0.15) is 0 Å². The van der Waals surface area contributed by atoms with E-state index in [1.54, 1.807) is 30.3 Å². The maximum absolute atomic E-state index is 12.0. The zero-order chi connectivity index (χ0) is 24.5. The van der Waals surface area contributed by atoms with Gasteiger partial charge in [0.05, 0.1) is 18.3 Å². The molecule has 1 aromatic carbocycles. The molecule has 1 rings (SSSR count). The van der Waals surface area contributed by atoms with E-state index in [4.69, 9.17) is 4.74 Å². The van der Waals surface area contributed by atoms with Crippen molar-refractivity contribution < 1.29 is 29.6 Å². The monoisotopic (exact) mass is 526 g/mol. The molecule has 0 radical (unpaired) electrons. The van der Waals surface area contributed by atoms with Gasteiger partial charge >= 0.3 is 5.97 Å². The highest BCUT2D eigenvalue weighted by Gasteiger charge is 2.13. The Morgan fingerprint density at radius 3 is 2.24 bits per heavy atom. The number of aliphatic hydroxyl groups excluding tert-OH is 3. The lowest BCUT2D eigenvalue weighted by Gasteiger charge is -2.15. The number of unbranched alkanes of at least 4 members (excludes halogenated alkanes) is 6. The van der Waals surface area contributed by atoms with Crippen molar-refractivity contribution in [3.8, 4) is 0 Å². The van der Waals surface area contributed by atoms with Gasteiger partial charge in [0.1, 0.15) is 0 Å². The van der Waals surface area contributed by atoms with Crippen LogP contribution < -0.4 is 0 Å². The van der Waals surface area contributed by atoms with Gasteiger partial charge in [-0.15, -0.1) is 0 Å². The number of aliphatic hydroxyl groups is 3. The van der Waals surface area contributed by atoms with Crippen LogP contribution in [0.4, 0.5) is 0 Å². The van der Waals surface area contributed by atoms with Gasteiger partial charge in [-0.1, -0.05) is 92.1 Å². The van der Waals surface area contributed by atoms with E-state index in [0.29, 0.717) is 24.8 Å². The van der Waals surface area contributed by atoms with Crippen molar-refractivity contribution in [2.75, 3.05) is 6.61 Å². The van der Waals surface area contributed by atoms with Crippen LogP contribution in [0.1, 0.15) is 87.9 Å². The van der Waals surface area contributed by atoms with Crippen LogP contribution >= 0.6 is 15.9 Å². The van der Waals surface area contributed by atoms with Crippen molar-refractivity contribution in [3.63, 3.8) is 0 Å². The average molecular weight is 527 g/mol. The Balaban J connectivity index is 2.06. The van der Waals surface area contributed by atoms with Gasteiger partial charge in [0.25, 0.3) is 0 Å². The minimum Gasteiger partial charge on any atom is -0.457 e. The summed E-state index contributed by atoms with van der Waals surface area (Å²) in [6.45, 7) is 1.86. The SMILES string of the molecule is CCCCC[C@@H](O)C=C[C@H](O)[C@H](O)CCCCCCCC(=O)OCC(=O)c1ccc(Br)cc1. The number of rotatable bonds is 18. The number of ketones is 1. The number of ether oxygens (including phenoxy) is 1. The summed E-state index contributed by atoms with van der Waals surface area (Å²) in [6.07, 6.45) is 9.33. The molecule has 0 aliphatic heterocycles. The molecule has 7 heteroatoms. The van der Waals surface area contributed by atoms with Gasteiger partial charge in [-0.25, -0.2) is 0 Å². The Kier molecular flexibility index (Phi) is 16.0. The molecule has 0 saturated carbocycles. The minimum atomic E-state index is -0.972. The predicted octanol–water partition coefficient (Wildman–Crippen LogP) is 5.12. The first-order valence-electron chi connectivity index (χ1n) is 12.0. The molecule has 0 aliphatic carbocycles. The molecule has 0 unspecified atom stereocenters. The van der Waals surface area contributed by atoms with Crippen LogP contribution in [0.25, 0.3) is 0 Å². The van der Waals surface area contributed by atoms with Gasteiger partial charge < -0.3 is 20.1 Å². The molecule has 0 saturated heterocycles. The van der Waals surface area contributed by atoms with Crippen molar-refractivity contribution in [2.24, 2.45) is 0 Å². The van der Waals surface area contributed by atoms with Crippen LogP contribution in [0.3, 0.4) is 0 Å². The maximum Gasteiger partial charge on any atom is 0.306 e. The quantitative estimate of drug-likeness (QED) is 0.106. The zero-order valence-electron chi connectivity index (χ0n) is 19.6. The fourth-order valence-corrected chi connectivity index (χ4v) is 3.60. The molecule has 0 aliphatic rings. The highest BCUT2D eigenvalue weighted by Crippen LogP contribution is 2.13. The normalized spacial score (nSPS) is 14.2. The summed E-state index contributed by atoms with van der Waals surface area (Å²) in [4.78, 5) is 23.8. The Labute approximate surface area is 206 Å². The second kappa shape index (κ2) is 17.9. The Hall–Kier alpha value is -1.54. The second-order valence-corrected chi connectivity index (χ2v) is 9.32. The fraction of sp³-hybridized carbons (Fsp3) is 0.615. The number of halogens is 1. The first-order chi connectivity index (χ1) is 15.8. The third kappa shape index (κ3) is 14.4. The highest BCUT2D eigenvalue weighted by atomic mass is 79.9. The number of benzene rings is 1. The molecule has 186 valence electrons. The van der Waals surface area contributed by atoms with E-state index in [9.17, 15) is 24.9 Å². The molecule has 0 aromatic heterocycles. The molecule has 3 atom stereocenters. The number of hydrogen-bond donors (Lipinski definition) is 3. The number of Topliss-reactive ketones (excluding diaryl/α,β-unsaturated/α-hetero) is 1. The van der Waals surface area contributed by atoms with Crippen molar-refractivity contribution in [1.82, 2.24) is 0 Å². The summed E-state index contributed by atoms with van der Waals surface area (Å²) in [6, 6.07) is 6.91. The summed E-state index contributed by atoms with van der Waals surface area (Å²) in [5.74, 6) is -0.597. The molecule has 3 N–H and O–H groups in total. The smallest absolute Gasteiger partial charge is 0.306 e. The van der Waals surface area contributed by atoms with E-state index in [1.807, 2.05) is 0 Å². The van der Waals surface area contributed by atoms with Crippen LogP contribution in [-0.4, -0.2) is 52.0 Å². The van der Waals surface area contributed by atoms with Crippen LogP contribution in [0.2, 0.25) is 0 Å².